The van der Waals surface area contributed by atoms with E-state index in [0.717, 1.165) is 67.8 Å². The molecule has 0 saturated heterocycles. The third kappa shape index (κ3) is 5.57. The van der Waals surface area contributed by atoms with Gasteiger partial charge in [0.05, 0.1) is 51.0 Å². The van der Waals surface area contributed by atoms with E-state index in [1.54, 1.807) is 0 Å². The number of hydrogen-bond donors (Lipinski definition) is 0. The minimum atomic E-state index is -0.578. The molecular weight excluding hydrogens is 745 g/mol. The zero-order valence-corrected chi connectivity index (χ0v) is 32.8. The Morgan fingerprint density at radius 2 is 0.574 bits per heavy atom. The second-order valence-corrected chi connectivity index (χ2v) is 15.5. The lowest BCUT2D eigenvalue weighted by atomic mass is 9.70. The van der Waals surface area contributed by atoms with Crippen molar-refractivity contribution in [2.45, 2.75) is 5.41 Å². The minimum Gasteiger partial charge on any atom is -0.255 e. The van der Waals surface area contributed by atoms with Crippen LogP contribution in [0.5, 0.6) is 0 Å². The van der Waals surface area contributed by atoms with Gasteiger partial charge in [-0.05, 0) is 152 Å². The van der Waals surface area contributed by atoms with Crippen molar-refractivity contribution < 1.29 is 0 Å². The fraction of sp³-hybridized carbons (Fsp3) is 0.0182. The van der Waals surface area contributed by atoms with Gasteiger partial charge in [-0.25, -0.2) is 9.97 Å². The lowest BCUT2D eigenvalue weighted by molar-refractivity contribution is 0.794. The summed E-state index contributed by atoms with van der Waals surface area (Å²) in [5.41, 5.74) is 20.2. The van der Waals surface area contributed by atoms with Crippen LogP contribution in [0.3, 0.4) is 0 Å². The predicted molar refractivity (Wildman–Crippen MR) is 242 cm³/mol. The first kappa shape index (κ1) is 34.8. The fourth-order valence-corrected chi connectivity index (χ4v) is 9.47. The molecule has 0 bridgehead atoms. The highest BCUT2D eigenvalue weighted by Crippen LogP contribution is 2.63. The fourth-order valence-electron chi connectivity index (χ4n) is 9.47. The van der Waals surface area contributed by atoms with Crippen LogP contribution < -0.4 is 0 Å². The first-order valence-corrected chi connectivity index (χ1v) is 20.4. The molecule has 2 aliphatic carbocycles. The summed E-state index contributed by atoms with van der Waals surface area (Å²) in [6, 6.07) is 64.2. The van der Waals surface area contributed by atoms with Crippen LogP contribution in [0.4, 0.5) is 0 Å². The van der Waals surface area contributed by atoms with Gasteiger partial charge in [-0.3, -0.25) is 19.9 Å². The van der Waals surface area contributed by atoms with E-state index in [1.807, 2.05) is 97.6 Å². The van der Waals surface area contributed by atoms with Crippen molar-refractivity contribution in [3.05, 3.63) is 229 Å². The van der Waals surface area contributed by atoms with Gasteiger partial charge in [0.2, 0.25) is 0 Å². The van der Waals surface area contributed by atoms with Gasteiger partial charge >= 0.3 is 0 Å². The van der Waals surface area contributed by atoms with Gasteiger partial charge in [0.25, 0.3) is 0 Å². The molecule has 0 fully saturated rings. The molecule has 6 nitrogen and oxygen atoms in total. The molecule has 0 aliphatic heterocycles. The minimum absolute atomic E-state index is 0.578. The molecule has 10 aromatic rings. The highest BCUT2D eigenvalue weighted by Gasteiger charge is 2.51. The molecule has 0 saturated carbocycles. The SMILES string of the molecule is c1ccc(-c2cc(-c3ccc4c(c3)C3(c5ccccc5-c5ccccc53)c3cc(-c5cc(-c6ccccn6)nc(-c6ccccn6)c5)ccc3-4)cc(-c3ccccn3)n2)nc1. The number of fused-ring (bicyclic) bond motifs is 10. The molecule has 6 aromatic heterocycles. The van der Waals surface area contributed by atoms with Crippen molar-refractivity contribution in [1.29, 1.82) is 0 Å². The van der Waals surface area contributed by atoms with E-state index >= 15 is 0 Å². The first-order chi connectivity index (χ1) is 30.2. The van der Waals surface area contributed by atoms with Gasteiger partial charge in [-0.2, -0.15) is 0 Å². The number of aromatic nitrogens is 6. The second-order valence-electron chi connectivity index (χ2n) is 15.5. The summed E-state index contributed by atoms with van der Waals surface area (Å²) in [5.74, 6) is 0. The molecule has 0 amide bonds. The zero-order valence-electron chi connectivity index (χ0n) is 32.8. The van der Waals surface area contributed by atoms with Gasteiger partial charge in [0.15, 0.2) is 0 Å². The topological polar surface area (TPSA) is 77.3 Å². The van der Waals surface area contributed by atoms with E-state index in [0.29, 0.717) is 0 Å². The van der Waals surface area contributed by atoms with E-state index in [1.165, 1.54) is 44.5 Å². The number of rotatable bonds is 6. The Morgan fingerprint density at radius 3 is 0.918 bits per heavy atom. The number of benzene rings is 4. The van der Waals surface area contributed by atoms with E-state index in [4.69, 9.17) is 29.9 Å². The number of hydrogen-bond acceptors (Lipinski definition) is 6. The van der Waals surface area contributed by atoms with Gasteiger partial charge in [-0.15, -0.1) is 0 Å². The largest absolute Gasteiger partial charge is 0.255 e. The molecule has 1 spiro atoms. The van der Waals surface area contributed by atoms with Gasteiger partial charge < -0.3 is 0 Å². The summed E-state index contributed by atoms with van der Waals surface area (Å²) < 4.78 is 0. The molecule has 284 valence electrons. The van der Waals surface area contributed by atoms with E-state index in [2.05, 4.69) is 109 Å². The van der Waals surface area contributed by atoms with Crippen LogP contribution in [0.15, 0.2) is 207 Å². The normalized spacial score (nSPS) is 12.7. The maximum atomic E-state index is 5.09. The number of pyridine rings is 6. The third-order valence-corrected chi connectivity index (χ3v) is 12.1. The summed E-state index contributed by atoms with van der Waals surface area (Å²) in [4.78, 5) is 29.0. The second kappa shape index (κ2) is 14.0. The van der Waals surface area contributed by atoms with Gasteiger partial charge in [0, 0.05) is 24.8 Å². The highest BCUT2D eigenvalue weighted by atomic mass is 14.8. The van der Waals surface area contributed by atoms with Crippen LogP contribution >= 0.6 is 0 Å². The summed E-state index contributed by atoms with van der Waals surface area (Å²) >= 11 is 0. The van der Waals surface area contributed by atoms with E-state index in [9.17, 15) is 0 Å². The Balaban J connectivity index is 1.10. The molecule has 6 heterocycles. The van der Waals surface area contributed by atoms with Crippen LogP contribution in [0, 0.1) is 0 Å². The van der Waals surface area contributed by atoms with Crippen molar-refractivity contribution in [2.75, 3.05) is 0 Å². The molecule has 0 atom stereocenters. The predicted octanol–water partition coefficient (Wildman–Crippen LogP) is 12.4. The van der Waals surface area contributed by atoms with Crippen molar-refractivity contribution in [3.8, 4) is 90.1 Å². The van der Waals surface area contributed by atoms with Crippen LogP contribution in [0.2, 0.25) is 0 Å². The maximum absolute atomic E-state index is 5.09. The van der Waals surface area contributed by atoms with E-state index < -0.39 is 5.41 Å². The van der Waals surface area contributed by atoms with Crippen LogP contribution in [-0.4, -0.2) is 29.9 Å². The Hall–Kier alpha value is -8.22. The zero-order chi connectivity index (χ0) is 40.3. The standard InChI is InChI=1S/C55H34N6/c1-3-15-43-39(13-1)40-14-2-4-16-44(40)55(43)45-29-35(37-31-51(47-17-5-9-25-56-47)60-52(32-37)48-18-6-10-26-57-48)21-23-41(45)42-24-22-36(30-46(42)55)38-33-53(49-19-7-11-27-58-49)61-54(34-38)50-20-8-12-28-59-50/h1-34H. The highest BCUT2D eigenvalue weighted by molar-refractivity contribution is 5.97. The molecule has 2 aliphatic rings. The lowest BCUT2D eigenvalue weighted by Crippen LogP contribution is -2.26. The summed E-state index contributed by atoms with van der Waals surface area (Å²) in [7, 11) is 0. The van der Waals surface area contributed by atoms with Crippen molar-refractivity contribution >= 4 is 0 Å². The maximum Gasteiger partial charge on any atom is 0.0900 e. The average Bonchev–Trinajstić information content (AvgIpc) is 3.81. The molecule has 0 N–H and O–H groups in total. The Morgan fingerprint density at radius 1 is 0.246 bits per heavy atom. The Labute approximate surface area is 353 Å². The van der Waals surface area contributed by atoms with Gasteiger partial charge in [0.1, 0.15) is 0 Å². The lowest BCUT2D eigenvalue weighted by Gasteiger charge is -2.31. The molecule has 4 aromatic carbocycles. The van der Waals surface area contributed by atoms with Crippen molar-refractivity contribution in [1.82, 2.24) is 29.9 Å². The summed E-state index contributed by atoms with van der Waals surface area (Å²) in [6.45, 7) is 0. The van der Waals surface area contributed by atoms with E-state index in [-0.39, 0.29) is 0 Å². The summed E-state index contributed by atoms with van der Waals surface area (Å²) in [5, 5.41) is 0. The Bertz CT molecular complexity index is 2960. The van der Waals surface area contributed by atoms with Gasteiger partial charge in [-0.1, -0.05) is 97.1 Å². The third-order valence-electron chi connectivity index (χ3n) is 12.1. The monoisotopic (exact) mass is 778 g/mol. The molecule has 0 unspecified atom stereocenters. The van der Waals surface area contributed by atoms with Crippen LogP contribution in [-0.2, 0) is 5.41 Å². The molecule has 12 rings (SSSR count). The molecular formula is C55H34N6. The Kier molecular flexibility index (Phi) is 7.96. The smallest absolute Gasteiger partial charge is 0.0900 e. The summed E-state index contributed by atoms with van der Waals surface area (Å²) in [6.07, 6.45) is 7.26. The van der Waals surface area contributed by atoms with Crippen molar-refractivity contribution in [3.63, 3.8) is 0 Å². The first-order valence-electron chi connectivity index (χ1n) is 20.4. The number of nitrogens with zero attached hydrogens (tertiary/aromatic N) is 6. The average molecular weight is 779 g/mol. The van der Waals surface area contributed by atoms with Crippen molar-refractivity contribution in [2.24, 2.45) is 0 Å². The quantitative estimate of drug-likeness (QED) is 0.167. The van der Waals surface area contributed by atoms with Crippen LogP contribution in [0.25, 0.3) is 90.1 Å². The molecule has 6 heteroatoms. The molecule has 0 radical (unpaired) electrons. The molecule has 61 heavy (non-hydrogen) atoms. The van der Waals surface area contributed by atoms with Crippen LogP contribution in [0.1, 0.15) is 22.3 Å².